The number of hydrogen-bond acceptors (Lipinski definition) is 2. The third kappa shape index (κ3) is 1.96. The first-order chi connectivity index (χ1) is 5.67. The van der Waals surface area contributed by atoms with Crippen LogP contribution >= 0.6 is 7.05 Å². The molecule has 0 bridgehead atoms. The van der Waals surface area contributed by atoms with E-state index in [1.807, 2.05) is 49.9 Å². The first-order valence-electron chi connectivity index (χ1n) is 3.68. The van der Waals surface area contributed by atoms with E-state index >= 15 is 0 Å². The Kier molecular flexibility index (Phi) is 2.68. The van der Waals surface area contributed by atoms with Crippen LogP contribution in [-0.2, 0) is 0 Å². The topological polar surface area (TPSA) is 36.1 Å². The molecular weight excluding hydrogens is 167 g/mol. The molecule has 0 radical (unpaired) electrons. The van der Waals surface area contributed by atoms with Crippen LogP contribution in [0.15, 0.2) is 35.1 Å². The molecule has 0 amide bonds. The van der Waals surface area contributed by atoms with Gasteiger partial charge in [0.2, 0.25) is 6.19 Å². The molecule has 62 valence electrons. The molecule has 0 aromatic heterocycles. The van der Waals surface area contributed by atoms with Crippen molar-refractivity contribution in [2.45, 2.75) is 0 Å². The van der Waals surface area contributed by atoms with Gasteiger partial charge in [-0.15, -0.1) is 0 Å². The zero-order chi connectivity index (χ0) is 9.03. The van der Waals surface area contributed by atoms with Gasteiger partial charge in [-0.05, 0) is 18.6 Å². The SMILES string of the molecule is CP(C)(=NC#N)c1ccccc1. The van der Waals surface area contributed by atoms with Gasteiger partial charge in [0, 0.05) is 7.05 Å². The Balaban J connectivity index is 3.17. The van der Waals surface area contributed by atoms with Crippen molar-refractivity contribution in [2.24, 2.45) is 4.74 Å². The van der Waals surface area contributed by atoms with Crippen molar-refractivity contribution in [1.29, 1.82) is 5.26 Å². The smallest absolute Gasteiger partial charge is 0.190 e. The van der Waals surface area contributed by atoms with Gasteiger partial charge >= 0.3 is 0 Å². The Labute approximate surface area is 72.9 Å². The first kappa shape index (κ1) is 9.03. The molecule has 0 N–H and O–H groups in total. The van der Waals surface area contributed by atoms with Crippen molar-refractivity contribution < 1.29 is 0 Å². The Hall–Kier alpha value is -1.06. The summed E-state index contributed by atoms with van der Waals surface area (Å²) in [5, 5.41) is 9.65. The minimum Gasteiger partial charge on any atom is -0.190 e. The number of rotatable bonds is 1. The fourth-order valence-electron chi connectivity index (χ4n) is 0.962. The predicted octanol–water partition coefficient (Wildman–Crippen LogP) is 2.25. The summed E-state index contributed by atoms with van der Waals surface area (Å²) in [6, 6.07) is 9.97. The van der Waals surface area contributed by atoms with Crippen molar-refractivity contribution in [1.82, 2.24) is 0 Å². The fourth-order valence-corrected chi connectivity index (χ4v) is 2.20. The molecule has 0 atom stereocenters. The molecule has 3 heteroatoms. The molecule has 1 aromatic carbocycles. The maximum atomic E-state index is 8.47. The summed E-state index contributed by atoms with van der Waals surface area (Å²) in [7, 11) is -1.53. The average molecular weight is 178 g/mol. The number of nitriles is 1. The lowest BCUT2D eigenvalue weighted by Crippen LogP contribution is -2.00. The highest BCUT2D eigenvalue weighted by Crippen LogP contribution is 2.38. The van der Waals surface area contributed by atoms with Crippen LogP contribution in [0, 0.1) is 11.5 Å². The molecule has 0 spiro atoms. The highest BCUT2D eigenvalue weighted by molar-refractivity contribution is 7.72. The minimum absolute atomic E-state index is 1.17. The summed E-state index contributed by atoms with van der Waals surface area (Å²) in [6.45, 7) is 4.07. The summed E-state index contributed by atoms with van der Waals surface area (Å²) in [6.07, 6.45) is 1.88. The Morgan fingerprint density at radius 2 is 1.83 bits per heavy atom. The highest BCUT2D eigenvalue weighted by Gasteiger charge is 2.07. The Morgan fingerprint density at radius 1 is 1.25 bits per heavy atom. The largest absolute Gasteiger partial charge is 0.204 e. The standard InChI is InChI=1S/C9H11N2P/c1-12(2,11-8-10)9-6-4-3-5-7-9/h3-7H,1-2H3. The molecular formula is C9H11N2P. The lowest BCUT2D eigenvalue weighted by atomic mass is 10.4. The first-order valence-corrected chi connectivity index (χ1v) is 6.31. The van der Waals surface area contributed by atoms with E-state index in [9.17, 15) is 0 Å². The molecule has 0 unspecified atom stereocenters. The average Bonchev–Trinajstić information content (AvgIpc) is 2.06. The minimum atomic E-state index is -1.53. The van der Waals surface area contributed by atoms with Gasteiger partial charge in [-0.2, -0.15) is 10.0 Å². The van der Waals surface area contributed by atoms with Crippen LogP contribution in [0.2, 0.25) is 0 Å². The van der Waals surface area contributed by atoms with E-state index in [-0.39, 0.29) is 0 Å². The van der Waals surface area contributed by atoms with Crippen LogP contribution in [0.25, 0.3) is 0 Å². The zero-order valence-corrected chi connectivity index (χ0v) is 8.12. The summed E-state index contributed by atoms with van der Waals surface area (Å²) in [5.41, 5.74) is 0. The Morgan fingerprint density at radius 3 is 2.33 bits per heavy atom. The number of nitrogens with zero attached hydrogens (tertiary/aromatic N) is 2. The van der Waals surface area contributed by atoms with Crippen LogP contribution in [0.4, 0.5) is 0 Å². The van der Waals surface area contributed by atoms with Gasteiger partial charge in [0.1, 0.15) is 0 Å². The summed E-state index contributed by atoms with van der Waals surface area (Å²) >= 11 is 0. The van der Waals surface area contributed by atoms with Crippen molar-refractivity contribution in [3.63, 3.8) is 0 Å². The van der Waals surface area contributed by atoms with Gasteiger partial charge in [-0.25, -0.2) is 0 Å². The molecule has 12 heavy (non-hydrogen) atoms. The normalized spacial score (nSPS) is 10.4. The molecule has 2 nitrogen and oxygen atoms in total. The Bertz CT molecular complexity index is 343. The van der Waals surface area contributed by atoms with Crippen molar-refractivity contribution >= 4 is 12.4 Å². The van der Waals surface area contributed by atoms with E-state index in [0.717, 1.165) is 0 Å². The van der Waals surface area contributed by atoms with Crippen LogP contribution in [-0.4, -0.2) is 13.3 Å². The molecule has 0 aliphatic carbocycles. The summed E-state index contributed by atoms with van der Waals surface area (Å²) < 4.78 is 3.94. The van der Waals surface area contributed by atoms with Gasteiger partial charge in [-0.1, -0.05) is 30.3 Å². The second-order valence-electron chi connectivity index (χ2n) is 2.93. The molecule has 1 aromatic rings. The number of benzene rings is 1. The second-order valence-corrected chi connectivity index (χ2v) is 6.44. The van der Waals surface area contributed by atoms with E-state index in [2.05, 4.69) is 4.74 Å². The van der Waals surface area contributed by atoms with Crippen molar-refractivity contribution in [3.8, 4) is 6.19 Å². The van der Waals surface area contributed by atoms with Gasteiger partial charge in [-0.3, -0.25) is 0 Å². The molecule has 0 saturated carbocycles. The van der Waals surface area contributed by atoms with Crippen LogP contribution in [0.5, 0.6) is 0 Å². The van der Waals surface area contributed by atoms with Crippen molar-refractivity contribution in [3.05, 3.63) is 30.3 Å². The van der Waals surface area contributed by atoms with Gasteiger partial charge in [0.25, 0.3) is 0 Å². The maximum absolute atomic E-state index is 8.47. The molecule has 1 rings (SSSR count). The van der Waals surface area contributed by atoms with Gasteiger partial charge in [0.15, 0.2) is 0 Å². The zero-order valence-electron chi connectivity index (χ0n) is 7.23. The molecule has 0 saturated heterocycles. The summed E-state index contributed by atoms with van der Waals surface area (Å²) in [4.78, 5) is 0. The van der Waals surface area contributed by atoms with Gasteiger partial charge in [0.05, 0.1) is 0 Å². The van der Waals surface area contributed by atoms with Crippen LogP contribution in [0.3, 0.4) is 0 Å². The lowest BCUT2D eigenvalue weighted by Gasteiger charge is -2.10. The molecule has 0 aliphatic rings. The maximum Gasteiger partial charge on any atom is 0.204 e. The van der Waals surface area contributed by atoms with Crippen LogP contribution in [0.1, 0.15) is 0 Å². The monoisotopic (exact) mass is 178 g/mol. The summed E-state index contributed by atoms with van der Waals surface area (Å²) in [5.74, 6) is 0. The molecule has 0 heterocycles. The van der Waals surface area contributed by atoms with Crippen LogP contribution < -0.4 is 5.30 Å². The highest BCUT2D eigenvalue weighted by atomic mass is 31.2. The quantitative estimate of drug-likeness (QED) is 0.480. The van der Waals surface area contributed by atoms with E-state index < -0.39 is 7.05 Å². The third-order valence-corrected chi connectivity index (χ3v) is 3.83. The van der Waals surface area contributed by atoms with E-state index in [1.54, 1.807) is 0 Å². The van der Waals surface area contributed by atoms with E-state index in [1.165, 1.54) is 5.30 Å². The van der Waals surface area contributed by atoms with Crippen molar-refractivity contribution in [2.75, 3.05) is 13.3 Å². The second kappa shape index (κ2) is 3.56. The van der Waals surface area contributed by atoms with Gasteiger partial charge < -0.3 is 0 Å². The van der Waals surface area contributed by atoms with E-state index in [4.69, 9.17) is 5.26 Å². The predicted molar refractivity (Wildman–Crippen MR) is 52.9 cm³/mol. The molecule has 0 aliphatic heterocycles. The lowest BCUT2D eigenvalue weighted by molar-refractivity contribution is 1.45. The number of hydrogen-bond donors (Lipinski definition) is 0. The third-order valence-electron chi connectivity index (χ3n) is 1.68. The molecule has 0 fully saturated rings. The van der Waals surface area contributed by atoms with E-state index in [0.29, 0.717) is 0 Å². The fraction of sp³-hybridized carbons (Fsp3) is 0.222.